The van der Waals surface area contributed by atoms with Crippen LogP contribution in [0.2, 0.25) is 0 Å². The summed E-state index contributed by atoms with van der Waals surface area (Å²) in [5.41, 5.74) is 5.91. The van der Waals surface area contributed by atoms with Gasteiger partial charge in [-0.15, -0.1) is 12.4 Å². The van der Waals surface area contributed by atoms with Crippen molar-refractivity contribution >= 4 is 12.4 Å². The fourth-order valence-electron chi connectivity index (χ4n) is 0.843. The van der Waals surface area contributed by atoms with Gasteiger partial charge in [0.15, 0.2) is 0 Å². The van der Waals surface area contributed by atoms with E-state index in [0.717, 1.165) is 0 Å². The van der Waals surface area contributed by atoms with E-state index < -0.39 is 0 Å². The van der Waals surface area contributed by atoms with Gasteiger partial charge in [0.05, 0.1) is 12.5 Å². The third-order valence-electron chi connectivity index (χ3n) is 1.69. The number of nitriles is 1. The lowest BCUT2D eigenvalue weighted by Gasteiger charge is -2.06. The number of aromatic nitrogens is 1. The summed E-state index contributed by atoms with van der Waals surface area (Å²) in [6.07, 6.45) is 1.84. The van der Waals surface area contributed by atoms with Gasteiger partial charge < -0.3 is 10.5 Å². The Bertz CT molecular complexity index is 386. The van der Waals surface area contributed by atoms with E-state index in [9.17, 15) is 4.39 Å². The first-order valence-corrected chi connectivity index (χ1v) is 4.27. The molecule has 86 valence electrons. The van der Waals surface area contributed by atoms with Gasteiger partial charge >= 0.3 is 0 Å². The third kappa shape index (κ3) is 4.26. The molecule has 0 unspecified atom stereocenters. The van der Waals surface area contributed by atoms with Crippen molar-refractivity contribution in [2.75, 3.05) is 13.2 Å². The molecule has 0 bridgehead atoms. The summed E-state index contributed by atoms with van der Waals surface area (Å²) in [4.78, 5) is 3.80. The Morgan fingerprint density at radius 2 is 2.38 bits per heavy atom. The first-order chi connectivity index (χ1) is 7.30. The van der Waals surface area contributed by atoms with Crippen molar-refractivity contribution < 1.29 is 9.13 Å². The predicted molar refractivity (Wildman–Crippen MR) is 59.9 cm³/mol. The smallest absolute Gasteiger partial charge is 0.140 e. The van der Waals surface area contributed by atoms with Crippen LogP contribution in [0.15, 0.2) is 30.2 Å². The van der Waals surface area contributed by atoms with E-state index in [1.807, 2.05) is 6.07 Å². The first-order valence-electron chi connectivity index (χ1n) is 4.27. The van der Waals surface area contributed by atoms with Crippen molar-refractivity contribution in [1.29, 1.82) is 5.26 Å². The fraction of sp³-hybridized carbons (Fsp3) is 0.200. The fourth-order valence-corrected chi connectivity index (χ4v) is 0.843. The number of hydrogen-bond donors (Lipinski definition) is 1. The minimum absolute atomic E-state index is 0. The van der Waals surface area contributed by atoms with Crippen molar-refractivity contribution in [2.45, 2.75) is 0 Å². The molecule has 0 atom stereocenters. The molecule has 0 saturated heterocycles. The van der Waals surface area contributed by atoms with Crippen molar-refractivity contribution in [3.8, 4) is 11.8 Å². The first kappa shape index (κ1) is 14.4. The molecule has 16 heavy (non-hydrogen) atoms. The van der Waals surface area contributed by atoms with E-state index in [4.69, 9.17) is 15.7 Å². The van der Waals surface area contributed by atoms with Crippen molar-refractivity contribution in [1.82, 2.24) is 4.98 Å². The number of rotatable bonds is 4. The van der Waals surface area contributed by atoms with Crippen LogP contribution in [0.3, 0.4) is 0 Å². The number of halogens is 2. The predicted octanol–water partition coefficient (Wildman–Crippen LogP) is 1.57. The Morgan fingerprint density at radius 1 is 1.62 bits per heavy atom. The maximum atomic E-state index is 12.1. The quantitative estimate of drug-likeness (QED) is 0.871. The molecule has 0 radical (unpaired) electrons. The Labute approximate surface area is 99.0 Å². The topological polar surface area (TPSA) is 71.9 Å². The molecule has 0 aliphatic rings. The number of nitrogens with zero attached hydrogens (tertiary/aromatic N) is 2. The standard InChI is InChI=1S/C10H10FN3O.ClH/c11-3-8(4-12)7-15-10-2-1-9(5-13)14-6-10;/h1-3,6H,4,7,12H2;1H/b8-3+;. The molecular formula is C10H11ClFN3O. The highest BCUT2D eigenvalue weighted by atomic mass is 35.5. The zero-order chi connectivity index (χ0) is 11.1. The molecule has 0 saturated carbocycles. The second-order valence-corrected chi connectivity index (χ2v) is 2.75. The summed E-state index contributed by atoms with van der Waals surface area (Å²) in [5.74, 6) is 0.474. The van der Waals surface area contributed by atoms with Crippen LogP contribution in [-0.4, -0.2) is 18.1 Å². The highest BCUT2D eigenvalue weighted by Gasteiger charge is 1.98. The van der Waals surface area contributed by atoms with Gasteiger partial charge in [0, 0.05) is 12.1 Å². The Kier molecular flexibility index (Phi) is 6.84. The maximum absolute atomic E-state index is 12.1. The summed E-state index contributed by atoms with van der Waals surface area (Å²) >= 11 is 0. The van der Waals surface area contributed by atoms with Gasteiger partial charge in [0.25, 0.3) is 0 Å². The second-order valence-electron chi connectivity index (χ2n) is 2.75. The summed E-state index contributed by atoms with van der Waals surface area (Å²) in [7, 11) is 0. The zero-order valence-corrected chi connectivity index (χ0v) is 9.21. The van der Waals surface area contributed by atoms with E-state index in [-0.39, 0.29) is 25.6 Å². The van der Waals surface area contributed by atoms with Crippen molar-refractivity contribution in [3.63, 3.8) is 0 Å². The summed E-state index contributed by atoms with van der Waals surface area (Å²) in [6, 6.07) is 5.00. The molecular weight excluding hydrogens is 233 g/mol. The normalized spacial score (nSPS) is 10.2. The minimum atomic E-state index is 0. The van der Waals surface area contributed by atoms with Crippen molar-refractivity contribution in [2.24, 2.45) is 5.73 Å². The number of pyridine rings is 1. The highest BCUT2D eigenvalue weighted by molar-refractivity contribution is 5.85. The molecule has 0 aromatic carbocycles. The third-order valence-corrected chi connectivity index (χ3v) is 1.69. The lowest BCUT2D eigenvalue weighted by atomic mass is 10.3. The molecule has 4 nitrogen and oxygen atoms in total. The maximum Gasteiger partial charge on any atom is 0.140 e. The molecule has 1 heterocycles. The van der Waals surface area contributed by atoms with Gasteiger partial charge in [-0.3, -0.25) is 0 Å². The molecule has 0 amide bonds. The van der Waals surface area contributed by atoms with Crippen molar-refractivity contribution in [3.05, 3.63) is 35.9 Å². The van der Waals surface area contributed by atoms with Crippen LogP contribution in [0.1, 0.15) is 5.69 Å². The summed E-state index contributed by atoms with van der Waals surface area (Å²) < 4.78 is 17.3. The van der Waals surface area contributed by atoms with Gasteiger partial charge in [-0.05, 0) is 12.1 Å². The molecule has 1 aromatic heterocycles. The molecule has 0 spiro atoms. The molecule has 0 aliphatic carbocycles. The molecule has 1 rings (SSSR count). The van der Waals surface area contributed by atoms with E-state index >= 15 is 0 Å². The molecule has 2 N–H and O–H groups in total. The Balaban J connectivity index is 0.00000225. The SMILES string of the molecule is Cl.N#Cc1ccc(OC/C(=C/F)CN)cn1. The molecule has 6 heteroatoms. The zero-order valence-electron chi connectivity index (χ0n) is 8.39. The van der Waals surface area contributed by atoms with Gasteiger partial charge in [0.2, 0.25) is 0 Å². The number of nitrogens with two attached hydrogens (primary N) is 1. The lowest BCUT2D eigenvalue weighted by molar-refractivity contribution is 0.346. The number of hydrogen-bond acceptors (Lipinski definition) is 4. The van der Waals surface area contributed by atoms with Gasteiger partial charge in [-0.1, -0.05) is 0 Å². The van der Waals surface area contributed by atoms with Crippen LogP contribution in [0, 0.1) is 11.3 Å². The number of ether oxygens (including phenoxy) is 1. The van der Waals surface area contributed by atoms with E-state index in [1.54, 1.807) is 6.07 Å². The van der Waals surface area contributed by atoms with Gasteiger partial charge in [-0.25, -0.2) is 9.37 Å². The Hall–Kier alpha value is -1.64. The van der Waals surface area contributed by atoms with Gasteiger partial charge in [0.1, 0.15) is 24.1 Å². The van der Waals surface area contributed by atoms with Crippen LogP contribution < -0.4 is 10.5 Å². The minimum Gasteiger partial charge on any atom is -0.487 e. The molecule has 1 aromatic rings. The average Bonchev–Trinajstić information content (AvgIpc) is 2.31. The van der Waals surface area contributed by atoms with Crippen LogP contribution in [0.25, 0.3) is 0 Å². The van der Waals surface area contributed by atoms with E-state index in [1.165, 1.54) is 12.3 Å². The summed E-state index contributed by atoms with van der Waals surface area (Å²) in [6.45, 7) is 0.195. The highest BCUT2D eigenvalue weighted by Crippen LogP contribution is 2.09. The van der Waals surface area contributed by atoms with Gasteiger partial charge in [-0.2, -0.15) is 5.26 Å². The van der Waals surface area contributed by atoms with Crippen LogP contribution in [-0.2, 0) is 0 Å². The van der Waals surface area contributed by atoms with Crippen LogP contribution >= 0.6 is 12.4 Å². The van der Waals surface area contributed by atoms with E-state index in [2.05, 4.69) is 4.98 Å². The molecule has 0 aliphatic heterocycles. The molecule has 0 fully saturated rings. The van der Waals surface area contributed by atoms with E-state index in [0.29, 0.717) is 23.3 Å². The average molecular weight is 244 g/mol. The summed E-state index contributed by atoms with van der Waals surface area (Å²) in [5, 5.41) is 8.49. The second kappa shape index (κ2) is 7.63. The Morgan fingerprint density at radius 3 is 2.81 bits per heavy atom. The largest absolute Gasteiger partial charge is 0.487 e. The van der Waals surface area contributed by atoms with Crippen LogP contribution in [0.4, 0.5) is 4.39 Å². The van der Waals surface area contributed by atoms with Crippen LogP contribution in [0.5, 0.6) is 5.75 Å². The lowest BCUT2D eigenvalue weighted by Crippen LogP contribution is -2.10. The monoisotopic (exact) mass is 243 g/mol.